The van der Waals surface area contributed by atoms with Crippen LogP contribution in [-0.2, 0) is 14.3 Å². The molecule has 0 saturated heterocycles. The van der Waals surface area contributed by atoms with Crippen LogP contribution in [0.4, 0.5) is 0 Å². The van der Waals surface area contributed by atoms with Crippen LogP contribution >= 0.6 is 0 Å². The van der Waals surface area contributed by atoms with Gasteiger partial charge in [-0.2, -0.15) is 0 Å². The van der Waals surface area contributed by atoms with Crippen molar-refractivity contribution in [2.24, 2.45) is 0 Å². The molecule has 0 spiro atoms. The molecule has 1 aromatic rings. The summed E-state index contributed by atoms with van der Waals surface area (Å²) in [4.78, 5) is 21.0. The largest absolute Gasteiger partial charge is 0.482 e. The fourth-order valence-electron chi connectivity index (χ4n) is 0.954. The summed E-state index contributed by atoms with van der Waals surface area (Å²) < 4.78 is 9.29. The Morgan fingerprint density at radius 1 is 1.29 bits per heavy atom. The molecule has 0 bridgehead atoms. The van der Waals surface area contributed by atoms with Crippen molar-refractivity contribution in [3.8, 4) is 17.6 Å². The van der Waals surface area contributed by atoms with Gasteiger partial charge >= 0.3 is 11.9 Å². The van der Waals surface area contributed by atoms with Crippen molar-refractivity contribution in [1.82, 2.24) is 0 Å². The highest BCUT2D eigenvalue weighted by Gasteiger charge is 1.98. The number of rotatable bonds is 3. The molecular formula is C12H10O5. The van der Waals surface area contributed by atoms with Crippen LogP contribution in [0.25, 0.3) is 0 Å². The number of benzene rings is 1. The quantitative estimate of drug-likeness (QED) is 0.614. The topological polar surface area (TPSA) is 72.8 Å². The first-order chi connectivity index (χ1) is 8.11. The van der Waals surface area contributed by atoms with Crippen molar-refractivity contribution >= 4 is 11.9 Å². The molecule has 88 valence electrons. The molecule has 1 aromatic carbocycles. The van der Waals surface area contributed by atoms with Crippen LogP contribution in [0.3, 0.4) is 0 Å². The zero-order chi connectivity index (χ0) is 12.7. The Kier molecular flexibility index (Phi) is 4.58. The normalized spacial score (nSPS) is 8.76. The monoisotopic (exact) mass is 234 g/mol. The first-order valence-corrected chi connectivity index (χ1v) is 4.66. The van der Waals surface area contributed by atoms with Crippen molar-refractivity contribution in [2.45, 2.75) is 0 Å². The minimum absolute atomic E-state index is 0.396. The van der Waals surface area contributed by atoms with Crippen molar-refractivity contribution < 1.29 is 24.2 Å². The third-order valence-corrected chi connectivity index (χ3v) is 1.71. The minimum atomic E-state index is -1.04. The summed E-state index contributed by atoms with van der Waals surface area (Å²) in [6.45, 7) is -0.396. The molecule has 0 fully saturated rings. The molecule has 1 N–H and O–H groups in total. The highest BCUT2D eigenvalue weighted by atomic mass is 16.5. The lowest BCUT2D eigenvalue weighted by Gasteiger charge is -2.01. The molecule has 0 aliphatic rings. The number of aliphatic carboxylic acids is 1. The summed E-state index contributed by atoms with van der Waals surface area (Å²) in [6.07, 6.45) is 0. The van der Waals surface area contributed by atoms with Gasteiger partial charge in [0.15, 0.2) is 6.61 Å². The van der Waals surface area contributed by atoms with Gasteiger partial charge in [-0.25, -0.2) is 9.59 Å². The van der Waals surface area contributed by atoms with Crippen LogP contribution in [-0.4, -0.2) is 30.8 Å². The lowest BCUT2D eigenvalue weighted by atomic mass is 10.2. The van der Waals surface area contributed by atoms with Gasteiger partial charge in [0, 0.05) is 11.5 Å². The van der Waals surface area contributed by atoms with Crippen LogP contribution in [0, 0.1) is 11.8 Å². The van der Waals surface area contributed by atoms with E-state index in [1.807, 2.05) is 0 Å². The number of hydrogen-bond donors (Lipinski definition) is 1. The van der Waals surface area contributed by atoms with Gasteiger partial charge in [0.2, 0.25) is 0 Å². The third kappa shape index (κ3) is 4.71. The van der Waals surface area contributed by atoms with Crippen molar-refractivity contribution in [1.29, 1.82) is 0 Å². The van der Waals surface area contributed by atoms with Crippen LogP contribution in [0.15, 0.2) is 24.3 Å². The maximum Gasteiger partial charge on any atom is 0.384 e. The fourth-order valence-corrected chi connectivity index (χ4v) is 0.954. The third-order valence-electron chi connectivity index (χ3n) is 1.71. The second-order valence-corrected chi connectivity index (χ2v) is 2.95. The summed E-state index contributed by atoms with van der Waals surface area (Å²) in [6, 6.07) is 6.38. The maximum atomic E-state index is 10.7. The van der Waals surface area contributed by atoms with Crippen LogP contribution in [0.1, 0.15) is 5.56 Å². The molecule has 1 rings (SSSR count). The summed E-state index contributed by atoms with van der Waals surface area (Å²) in [5, 5.41) is 8.40. The van der Waals surface area contributed by atoms with E-state index in [1.165, 1.54) is 7.11 Å². The molecule has 0 amide bonds. The predicted molar refractivity (Wildman–Crippen MR) is 58.5 cm³/mol. The maximum absolute atomic E-state index is 10.7. The van der Waals surface area contributed by atoms with E-state index in [4.69, 9.17) is 9.84 Å². The van der Waals surface area contributed by atoms with Gasteiger partial charge in [0.1, 0.15) is 5.75 Å². The predicted octanol–water partition coefficient (Wildman–Crippen LogP) is 0.675. The number of carbonyl (C=O) groups is 2. The standard InChI is InChI=1S/C12H10O5/c1-16-12(15)7-4-9-2-5-10(6-3-9)17-8-11(13)14/h2-3,5-6H,8H2,1H3,(H,13,14). The highest BCUT2D eigenvalue weighted by molar-refractivity contribution is 5.89. The van der Waals surface area contributed by atoms with E-state index in [2.05, 4.69) is 16.6 Å². The molecule has 0 atom stereocenters. The summed E-state index contributed by atoms with van der Waals surface area (Å²) >= 11 is 0. The molecule has 5 nitrogen and oxygen atoms in total. The van der Waals surface area contributed by atoms with E-state index >= 15 is 0 Å². The van der Waals surface area contributed by atoms with E-state index in [1.54, 1.807) is 24.3 Å². The number of methoxy groups -OCH3 is 1. The number of esters is 1. The first kappa shape index (κ1) is 12.6. The number of carbonyl (C=O) groups excluding carboxylic acids is 1. The van der Waals surface area contributed by atoms with Gasteiger partial charge in [-0.15, -0.1) is 0 Å². The van der Waals surface area contributed by atoms with Gasteiger partial charge in [-0.1, -0.05) is 5.92 Å². The van der Waals surface area contributed by atoms with E-state index in [9.17, 15) is 9.59 Å². The molecule has 0 aliphatic carbocycles. The van der Waals surface area contributed by atoms with Crippen LogP contribution in [0.2, 0.25) is 0 Å². The van der Waals surface area contributed by atoms with Crippen molar-refractivity contribution in [2.75, 3.05) is 13.7 Å². The number of carboxylic acids is 1. The van der Waals surface area contributed by atoms with Crippen molar-refractivity contribution in [3.05, 3.63) is 29.8 Å². The second kappa shape index (κ2) is 6.18. The average Bonchev–Trinajstić information content (AvgIpc) is 2.34. The second-order valence-electron chi connectivity index (χ2n) is 2.95. The van der Waals surface area contributed by atoms with Gasteiger partial charge < -0.3 is 14.6 Å². The fraction of sp³-hybridized carbons (Fsp3) is 0.167. The van der Waals surface area contributed by atoms with E-state index in [0.29, 0.717) is 11.3 Å². The minimum Gasteiger partial charge on any atom is -0.482 e. The Bertz CT molecular complexity index is 464. The number of hydrogen-bond acceptors (Lipinski definition) is 4. The Balaban J connectivity index is 2.63. The molecule has 0 heterocycles. The van der Waals surface area contributed by atoms with Crippen LogP contribution < -0.4 is 4.74 Å². The molecular weight excluding hydrogens is 224 g/mol. The zero-order valence-electron chi connectivity index (χ0n) is 9.10. The molecule has 5 heteroatoms. The van der Waals surface area contributed by atoms with E-state index in [-0.39, 0.29) is 0 Å². The zero-order valence-corrected chi connectivity index (χ0v) is 9.10. The molecule has 0 radical (unpaired) electrons. The molecule has 0 aliphatic heterocycles. The average molecular weight is 234 g/mol. The van der Waals surface area contributed by atoms with Crippen molar-refractivity contribution in [3.63, 3.8) is 0 Å². The molecule has 0 unspecified atom stereocenters. The molecule has 0 aromatic heterocycles. The number of carboxylic acid groups (broad SMARTS) is 1. The highest BCUT2D eigenvalue weighted by Crippen LogP contribution is 2.11. The van der Waals surface area contributed by atoms with E-state index in [0.717, 1.165) is 0 Å². The van der Waals surface area contributed by atoms with E-state index < -0.39 is 18.5 Å². The first-order valence-electron chi connectivity index (χ1n) is 4.66. The van der Waals surface area contributed by atoms with Crippen LogP contribution in [0.5, 0.6) is 5.75 Å². The van der Waals surface area contributed by atoms with Gasteiger partial charge in [-0.3, -0.25) is 0 Å². The smallest absolute Gasteiger partial charge is 0.384 e. The van der Waals surface area contributed by atoms with Gasteiger partial charge in [0.25, 0.3) is 0 Å². The Morgan fingerprint density at radius 3 is 2.47 bits per heavy atom. The molecule has 0 saturated carbocycles. The Hall–Kier alpha value is -2.48. The SMILES string of the molecule is COC(=O)C#Cc1ccc(OCC(=O)O)cc1. The lowest BCUT2D eigenvalue weighted by molar-refractivity contribution is -0.139. The summed E-state index contributed by atoms with van der Waals surface area (Å²) in [5.74, 6) is 3.63. The summed E-state index contributed by atoms with van der Waals surface area (Å²) in [5.41, 5.74) is 0.609. The Labute approximate surface area is 98.0 Å². The van der Waals surface area contributed by atoms with Gasteiger partial charge in [-0.05, 0) is 24.3 Å². The lowest BCUT2D eigenvalue weighted by Crippen LogP contribution is -2.09. The Morgan fingerprint density at radius 2 is 1.94 bits per heavy atom. The summed E-state index contributed by atoms with van der Waals surface area (Å²) in [7, 11) is 1.25. The molecule has 17 heavy (non-hydrogen) atoms. The number of ether oxygens (including phenoxy) is 2. The van der Waals surface area contributed by atoms with Gasteiger partial charge in [0.05, 0.1) is 7.11 Å².